The van der Waals surface area contributed by atoms with E-state index in [1.54, 1.807) is 0 Å². The van der Waals surface area contributed by atoms with Crippen molar-refractivity contribution in [3.8, 4) is 5.75 Å². The standard InChI is InChI=1S/C9H10F3NO2.ClH/c10-9(11,12)7-2-1-3-8(6-7)14-4-5-15-13;/h1-3,6H,4-5,13H2;1H. The Morgan fingerprint density at radius 3 is 2.44 bits per heavy atom. The summed E-state index contributed by atoms with van der Waals surface area (Å²) in [6.07, 6.45) is -4.36. The molecule has 1 aromatic rings. The SMILES string of the molecule is Cl.NOCCOc1cccc(C(F)(F)F)c1. The maximum Gasteiger partial charge on any atom is 0.416 e. The highest BCUT2D eigenvalue weighted by atomic mass is 35.5. The van der Waals surface area contributed by atoms with Crippen LogP contribution in [0.1, 0.15) is 5.56 Å². The molecule has 0 amide bonds. The quantitative estimate of drug-likeness (QED) is 0.665. The third-order valence-corrected chi connectivity index (χ3v) is 1.63. The Kier molecular flexibility index (Phi) is 6.17. The molecule has 3 nitrogen and oxygen atoms in total. The lowest BCUT2D eigenvalue weighted by Gasteiger charge is -2.09. The number of benzene rings is 1. The zero-order chi connectivity index (χ0) is 11.3. The van der Waals surface area contributed by atoms with E-state index < -0.39 is 11.7 Å². The van der Waals surface area contributed by atoms with Gasteiger partial charge in [0.2, 0.25) is 0 Å². The smallest absolute Gasteiger partial charge is 0.416 e. The van der Waals surface area contributed by atoms with Gasteiger partial charge in [0.05, 0.1) is 5.56 Å². The van der Waals surface area contributed by atoms with E-state index in [4.69, 9.17) is 10.6 Å². The summed E-state index contributed by atoms with van der Waals surface area (Å²) in [6, 6.07) is 4.62. The summed E-state index contributed by atoms with van der Waals surface area (Å²) in [5.74, 6) is 4.87. The molecule has 0 aliphatic rings. The van der Waals surface area contributed by atoms with Gasteiger partial charge in [0, 0.05) is 0 Å². The highest BCUT2D eigenvalue weighted by molar-refractivity contribution is 5.85. The van der Waals surface area contributed by atoms with Gasteiger partial charge in [0.25, 0.3) is 0 Å². The molecule has 0 aliphatic carbocycles. The summed E-state index contributed by atoms with van der Waals surface area (Å²) in [6.45, 7) is 0.230. The topological polar surface area (TPSA) is 44.5 Å². The van der Waals surface area contributed by atoms with Crippen molar-refractivity contribution in [1.29, 1.82) is 0 Å². The van der Waals surface area contributed by atoms with E-state index in [0.717, 1.165) is 12.1 Å². The molecule has 0 spiro atoms. The predicted octanol–water partition coefficient (Wildman–Crippen LogP) is 2.40. The van der Waals surface area contributed by atoms with Crippen LogP contribution in [0.4, 0.5) is 13.2 Å². The largest absolute Gasteiger partial charge is 0.491 e. The fourth-order valence-electron chi connectivity index (χ4n) is 0.970. The molecule has 0 aliphatic heterocycles. The van der Waals surface area contributed by atoms with Crippen LogP contribution in [0.2, 0.25) is 0 Å². The summed E-state index contributed by atoms with van der Waals surface area (Å²) in [4.78, 5) is 4.21. The zero-order valence-electron chi connectivity index (χ0n) is 8.16. The molecule has 0 fully saturated rings. The fourth-order valence-corrected chi connectivity index (χ4v) is 0.970. The molecule has 0 heterocycles. The summed E-state index contributed by atoms with van der Waals surface area (Å²) in [5, 5.41) is 0. The number of halogens is 4. The van der Waals surface area contributed by atoms with Crippen LogP contribution < -0.4 is 10.6 Å². The molecule has 7 heteroatoms. The molecule has 1 aromatic carbocycles. The third-order valence-electron chi connectivity index (χ3n) is 1.63. The van der Waals surface area contributed by atoms with Crippen molar-refractivity contribution in [3.63, 3.8) is 0 Å². The van der Waals surface area contributed by atoms with Crippen molar-refractivity contribution in [2.45, 2.75) is 6.18 Å². The lowest BCUT2D eigenvalue weighted by molar-refractivity contribution is -0.137. The molecule has 0 aromatic heterocycles. The van der Waals surface area contributed by atoms with Crippen LogP contribution in [0.25, 0.3) is 0 Å². The van der Waals surface area contributed by atoms with Gasteiger partial charge in [-0.05, 0) is 18.2 Å². The maximum atomic E-state index is 12.3. The average Bonchev–Trinajstić information content (AvgIpc) is 2.17. The first kappa shape index (κ1) is 15.0. The van der Waals surface area contributed by atoms with E-state index in [9.17, 15) is 13.2 Å². The second kappa shape index (κ2) is 6.57. The second-order valence-electron chi connectivity index (χ2n) is 2.74. The van der Waals surface area contributed by atoms with Gasteiger partial charge in [-0.25, -0.2) is 5.90 Å². The van der Waals surface area contributed by atoms with Crippen molar-refractivity contribution in [1.82, 2.24) is 0 Å². The van der Waals surface area contributed by atoms with Crippen LogP contribution >= 0.6 is 12.4 Å². The number of nitrogens with two attached hydrogens (primary N) is 1. The Morgan fingerprint density at radius 2 is 1.88 bits per heavy atom. The molecule has 92 valence electrons. The highest BCUT2D eigenvalue weighted by Gasteiger charge is 2.30. The molecular formula is C9H11ClF3NO2. The lowest BCUT2D eigenvalue weighted by Crippen LogP contribution is -2.11. The van der Waals surface area contributed by atoms with Gasteiger partial charge < -0.3 is 9.57 Å². The van der Waals surface area contributed by atoms with E-state index in [1.807, 2.05) is 0 Å². The minimum atomic E-state index is -4.36. The van der Waals surface area contributed by atoms with E-state index in [1.165, 1.54) is 12.1 Å². The number of rotatable bonds is 4. The molecule has 0 radical (unpaired) electrons. The highest BCUT2D eigenvalue weighted by Crippen LogP contribution is 2.31. The van der Waals surface area contributed by atoms with Crippen LogP contribution in [-0.4, -0.2) is 13.2 Å². The molecule has 16 heavy (non-hydrogen) atoms. The molecular weight excluding hydrogens is 247 g/mol. The molecule has 0 unspecified atom stereocenters. The van der Waals surface area contributed by atoms with Crippen LogP contribution in [-0.2, 0) is 11.0 Å². The molecule has 0 bridgehead atoms. The monoisotopic (exact) mass is 257 g/mol. The van der Waals surface area contributed by atoms with Crippen molar-refractivity contribution >= 4 is 12.4 Å². The van der Waals surface area contributed by atoms with Crippen molar-refractivity contribution in [3.05, 3.63) is 29.8 Å². The first-order valence-electron chi connectivity index (χ1n) is 4.16. The van der Waals surface area contributed by atoms with Crippen LogP contribution in [0.15, 0.2) is 24.3 Å². The third kappa shape index (κ3) is 4.69. The van der Waals surface area contributed by atoms with Gasteiger partial charge in [0.15, 0.2) is 0 Å². The number of ether oxygens (including phenoxy) is 1. The van der Waals surface area contributed by atoms with E-state index in [2.05, 4.69) is 4.84 Å². The van der Waals surface area contributed by atoms with Gasteiger partial charge in [-0.3, -0.25) is 0 Å². The van der Waals surface area contributed by atoms with E-state index in [-0.39, 0.29) is 31.4 Å². The minimum Gasteiger partial charge on any atom is -0.491 e. The van der Waals surface area contributed by atoms with E-state index in [0.29, 0.717) is 0 Å². The van der Waals surface area contributed by atoms with Gasteiger partial charge >= 0.3 is 6.18 Å². The first-order chi connectivity index (χ1) is 7.04. The Hall–Kier alpha value is -0.980. The predicted molar refractivity (Wildman–Crippen MR) is 54.3 cm³/mol. The van der Waals surface area contributed by atoms with Crippen LogP contribution in [0.3, 0.4) is 0 Å². The summed E-state index contributed by atoms with van der Waals surface area (Å²) in [7, 11) is 0. The fraction of sp³-hybridized carbons (Fsp3) is 0.333. The van der Waals surface area contributed by atoms with Gasteiger partial charge in [-0.1, -0.05) is 6.07 Å². The Balaban J connectivity index is 0.00000225. The Morgan fingerprint density at radius 1 is 1.19 bits per heavy atom. The Bertz CT molecular complexity index is 320. The van der Waals surface area contributed by atoms with Gasteiger partial charge in [-0.2, -0.15) is 13.2 Å². The lowest BCUT2D eigenvalue weighted by atomic mass is 10.2. The molecule has 0 saturated heterocycles. The van der Waals surface area contributed by atoms with Crippen molar-refractivity contribution in [2.75, 3.05) is 13.2 Å². The second-order valence-corrected chi connectivity index (χ2v) is 2.74. The summed E-state index contributed by atoms with van der Waals surface area (Å²) in [5.41, 5.74) is -0.742. The van der Waals surface area contributed by atoms with Crippen molar-refractivity contribution < 1.29 is 22.7 Å². The van der Waals surface area contributed by atoms with Crippen LogP contribution in [0.5, 0.6) is 5.75 Å². The normalized spacial score (nSPS) is 10.8. The van der Waals surface area contributed by atoms with E-state index >= 15 is 0 Å². The Labute approximate surface area is 96.7 Å². The molecule has 0 saturated carbocycles. The summed E-state index contributed by atoms with van der Waals surface area (Å²) < 4.78 is 41.7. The van der Waals surface area contributed by atoms with Crippen molar-refractivity contribution in [2.24, 2.45) is 5.90 Å². The van der Waals surface area contributed by atoms with Gasteiger partial charge in [0.1, 0.15) is 19.0 Å². The molecule has 1 rings (SSSR count). The summed E-state index contributed by atoms with van der Waals surface area (Å²) >= 11 is 0. The molecule has 2 N–H and O–H groups in total. The van der Waals surface area contributed by atoms with Gasteiger partial charge in [-0.15, -0.1) is 12.4 Å². The number of hydrogen-bond donors (Lipinski definition) is 1. The first-order valence-corrected chi connectivity index (χ1v) is 4.16. The zero-order valence-corrected chi connectivity index (χ0v) is 8.98. The number of alkyl halides is 3. The number of hydrogen-bond acceptors (Lipinski definition) is 3. The molecule has 0 atom stereocenters. The maximum absolute atomic E-state index is 12.3. The van der Waals surface area contributed by atoms with Crippen LogP contribution in [0, 0.1) is 0 Å². The average molecular weight is 258 g/mol. The minimum absolute atomic E-state index is 0.